The Hall–Kier alpha value is -4.30. The topological polar surface area (TPSA) is 136 Å². The maximum Gasteiger partial charge on any atom is 0.254 e. The van der Waals surface area contributed by atoms with Gasteiger partial charge in [-0.2, -0.15) is 0 Å². The van der Waals surface area contributed by atoms with Crippen LogP contribution in [-0.2, 0) is 4.79 Å². The van der Waals surface area contributed by atoms with Crippen molar-refractivity contribution >= 4 is 40.6 Å². The third-order valence-electron chi connectivity index (χ3n) is 8.49. The van der Waals surface area contributed by atoms with Crippen molar-refractivity contribution < 1.29 is 23.8 Å². The largest absolute Gasteiger partial charge is 0.475 e. The molecule has 0 saturated carbocycles. The first-order valence-electron chi connectivity index (χ1n) is 15.2. The molecule has 2 aromatic carbocycles. The molecule has 2 fully saturated rings. The number of nitrogens with zero attached hydrogens (tertiary/aromatic N) is 5. The molecule has 2 atom stereocenters. The number of anilines is 2. The van der Waals surface area contributed by atoms with Crippen LogP contribution in [0.2, 0.25) is 5.02 Å². The van der Waals surface area contributed by atoms with Crippen molar-refractivity contribution in [3.63, 3.8) is 0 Å². The van der Waals surface area contributed by atoms with Gasteiger partial charge in [-0.3, -0.25) is 19.3 Å². The minimum atomic E-state index is -0.683. The van der Waals surface area contributed by atoms with Crippen molar-refractivity contribution in [1.29, 1.82) is 0 Å². The number of fused-ring (bicyclic) bond motifs is 1. The average Bonchev–Trinajstić information content (AvgIpc) is 3.50. The second-order valence-corrected chi connectivity index (χ2v) is 11.8. The number of piperazine rings is 1. The van der Waals surface area contributed by atoms with Gasteiger partial charge in [0.05, 0.1) is 28.9 Å². The lowest BCUT2D eigenvalue weighted by Gasteiger charge is -2.38. The van der Waals surface area contributed by atoms with Crippen LogP contribution < -0.4 is 20.7 Å². The molecule has 12 nitrogen and oxygen atoms in total. The standard InChI is InChI=1S/C32H36ClFN8O4/c1-19-15-20(3-4-21(19)31(44)40-11-13-41(14-12-40)32(45)23-7-8-36-17-25(23)43)39-29-30-38-16-24(42(30)10-9-37-29)22-5-6-26(46-18-35-2)28(34)27(22)33/h3-6,9-10,15-16,23,25,35-36,43H,7-8,11-14,17-18H2,1-2H3,(H,37,39)/t23-,25-/m1/s1. The molecule has 6 rings (SSSR count). The molecule has 0 radical (unpaired) electrons. The summed E-state index contributed by atoms with van der Waals surface area (Å²) >= 11 is 6.40. The number of aliphatic hydroxyl groups is 1. The summed E-state index contributed by atoms with van der Waals surface area (Å²) in [4.78, 5) is 38.9. The van der Waals surface area contributed by atoms with Crippen LogP contribution in [0, 0.1) is 18.7 Å². The van der Waals surface area contributed by atoms with E-state index in [9.17, 15) is 19.1 Å². The molecule has 4 aromatic rings. The van der Waals surface area contributed by atoms with Gasteiger partial charge in [0.2, 0.25) is 5.91 Å². The number of carbonyl (C=O) groups is 2. The summed E-state index contributed by atoms with van der Waals surface area (Å²) in [6.07, 6.45) is 4.86. The summed E-state index contributed by atoms with van der Waals surface area (Å²) in [6.45, 7) is 4.88. The number of halogens is 2. The Kier molecular flexibility index (Phi) is 9.36. The minimum Gasteiger partial charge on any atom is -0.475 e. The fraction of sp³-hybridized carbons (Fsp3) is 0.375. The number of imidazole rings is 1. The Morgan fingerprint density at radius 2 is 1.93 bits per heavy atom. The summed E-state index contributed by atoms with van der Waals surface area (Å²) in [6, 6.07) is 8.67. The summed E-state index contributed by atoms with van der Waals surface area (Å²) in [5.74, 6) is -0.669. The van der Waals surface area contributed by atoms with Gasteiger partial charge in [-0.05, 0) is 62.8 Å². The Morgan fingerprint density at radius 1 is 1.15 bits per heavy atom. The number of aromatic nitrogens is 3. The number of rotatable bonds is 8. The van der Waals surface area contributed by atoms with E-state index >= 15 is 0 Å². The molecule has 2 saturated heterocycles. The lowest BCUT2D eigenvalue weighted by Crippen LogP contribution is -2.55. The third-order valence-corrected chi connectivity index (χ3v) is 8.86. The Bertz CT molecular complexity index is 1760. The molecule has 2 aromatic heterocycles. The molecule has 2 amide bonds. The van der Waals surface area contributed by atoms with Gasteiger partial charge in [0.25, 0.3) is 5.91 Å². The average molecular weight is 651 g/mol. The zero-order chi connectivity index (χ0) is 32.4. The number of β-amino-alcohol motifs (C(OH)–C–C–N with tert-alkyl or cyclic N) is 1. The second-order valence-electron chi connectivity index (χ2n) is 11.4. The predicted molar refractivity (Wildman–Crippen MR) is 172 cm³/mol. The van der Waals surface area contributed by atoms with Gasteiger partial charge in [0, 0.05) is 61.9 Å². The van der Waals surface area contributed by atoms with Gasteiger partial charge in [-0.25, -0.2) is 14.4 Å². The number of nitrogens with one attached hydrogen (secondary N) is 3. The van der Waals surface area contributed by atoms with Crippen LogP contribution in [0.25, 0.3) is 16.9 Å². The van der Waals surface area contributed by atoms with Crippen molar-refractivity contribution in [3.8, 4) is 17.0 Å². The number of ether oxygens (including phenoxy) is 1. The summed E-state index contributed by atoms with van der Waals surface area (Å²) < 4.78 is 22.1. The molecule has 4 heterocycles. The lowest BCUT2D eigenvalue weighted by molar-refractivity contribution is -0.141. The quantitative estimate of drug-likeness (QED) is 0.212. The number of amides is 2. The SMILES string of the molecule is CNCOc1ccc(-c2cnc3c(Nc4ccc(C(=O)N5CCN(C(=O)[C@@H]6CCNC[C@H]6O)CC5)c(C)c4)nccn23)c(Cl)c1F. The molecular formula is C32H36ClFN8O4. The molecule has 4 N–H and O–H groups in total. The van der Waals surface area contributed by atoms with Gasteiger partial charge in [-0.15, -0.1) is 0 Å². The summed E-state index contributed by atoms with van der Waals surface area (Å²) in [5.41, 5.74) is 3.61. The predicted octanol–water partition coefficient (Wildman–Crippen LogP) is 3.05. The van der Waals surface area contributed by atoms with Crippen LogP contribution in [0.5, 0.6) is 5.75 Å². The van der Waals surface area contributed by atoms with E-state index in [1.807, 2.05) is 19.1 Å². The van der Waals surface area contributed by atoms with E-state index in [4.69, 9.17) is 16.3 Å². The number of benzene rings is 2. The Morgan fingerprint density at radius 3 is 2.67 bits per heavy atom. The highest BCUT2D eigenvalue weighted by Gasteiger charge is 2.34. The van der Waals surface area contributed by atoms with Gasteiger partial charge >= 0.3 is 0 Å². The number of hydrogen-bond donors (Lipinski definition) is 4. The molecule has 0 aliphatic carbocycles. The van der Waals surface area contributed by atoms with Gasteiger partial charge in [-0.1, -0.05) is 11.6 Å². The monoisotopic (exact) mass is 650 g/mol. The molecule has 46 heavy (non-hydrogen) atoms. The summed E-state index contributed by atoms with van der Waals surface area (Å²) in [7, 11) is 1.69. The van der Waals surface area contributed by atoms with E-state index in [0.717, 1.165) is 5.56 Å². The van der Waals surface area contributed by atoms with E-state index in [1.54, 1.807) is 52.0 Å². The lowest BCUT2D eigenvalue weighted by atomic mass is 9.93. The van der Waals surface area contributed by atoms with Crippen molar-refractivity contribution in [2.45, 2.75) is 19.4 Å². The van der Waals surface area contributed by atoms with Crippen LogP contribution in [-0.4, -0.2) is 100 Å². The molecule has 0 unspecified atom stereocenters. The maximum absolute atomic E-state index is 14.9. The highest BCUT2D eigenvalue weighted by Crippen LogP contribution is 2.36. The van der Waals surface area contributed by atoms with Crippen molar-refractivity contribution in [2.24, 2.45) is 5.92 Å². The van der Waals surface area contributed by atoms with E-state index in [0.29, 0.717) is 79.7 Å². The molecule has 242 valence electrons. The molecule has 2 aliphatic rings. The van der Waals surface area contributed by atoms with Crippen LogP contribution in [0.15, 0.2) is 48.9 Å². The molecule has 14 heteroatoms. The van der Waals surface area contributed by atoms with Gasteiger partial charge < -0.3 is 30.3 Å². The number of hydrogen-bond acceptors (Lipinski definition) is 9. The molecule has 0 bridgehead atoms. The number of aryl methyl sites for hydroxylation is 1. The van der Waals surface area contributed by atoms with Crippen LogP contribution in [0.4, 0.5) is 15.9 Å². The molecular weight excluding hydrogens is 615 g/mol. The highest BCUT2D eigenvalue weighted by atomic mass is 35.5. The van der Waals surface area contributed by atoms with E-state index in [1.165, 1.54) is 6.07 Å². The molecule has 2 aliphatic heterocycles. The van der Waals surface area contributed by atoms with Crippen LogP contribution in [0.3, 0.4) is 0 Å². The number of piperidine rings is 1. The zero-order valence-electron chi connectivity index (χ0n) is 25.6. The first-order chi connectivity index (χ1) is 22.3. The zero-order valence-corrected chi connectivity index (χ0v) is 26.4. The Balaban J connectivity index is 1.14. The van der Waals surface area contributed by atoms with Crippen molar-refractivity contribution in [3.05, 3.63) is 70.9 Å². The van der Waals surface area contributed by atoms with Crippen molar-refractivity contribution in [2.75, 3.05) is 58.4 Å². The first-order valence-corrected chi connectivity index (χ1v) is 15.6. The Labute approximate surface area is 270 Å². The second kappa shape index (κ2) is 13.6. The van der Waals surface area contributed by atoms with Gasteiger partial charge in [0.1, 0.15) is 6.73 Å². The van der Waals surface area contributed by atoms with Gasteiger partial charge in [0.15, 0.2) is 23.0 Å². The number of carbonyl (C=O) groups excluding carboxylic acids is 2. The normalized spacial score (nSPS) is 18.5. The maximum atomic E-state index is 14.9. The highest BCUT2D eigenvalue weighted by molar-refractivity contribution is 6.33. The van der Waals surface area contributed by atoms with Crippen LogP contribution in [0.1, 0.15) is 22.3 Å². The fourth-order valence-electron chi connectivity index (χ4n) is 5.98. The fourth-order valence-corrected chi connectivity index (χ4v) is 6.23. The smallest absolute Gasteiger partial charge is 0.254 e. The first kappa shape index (κ1) is 31.7. The van der Waals surface area contributed by atoms with E-state index < -0.39 is 17.8 Å². The van der Waals surface area contributed by atoms with Crippen molar-refractivity contribution in [1.82, 2.24) is 34.8 Å². The molecule has 0 spiro atoms. The van der Waals surface area contributed by atoms with E-state index in [2.05, 4.69) is 25.9 Å². The summed E-state index contributed by atoms with van der Waals surface area (Å²) in [5, 5.41) is 19.4. The minimum absolute atomic E-state index is 0.0381. The van der Waals surface area contributed by atoms with Crippen LogP contribution >= 0.6 is 11.6 Å². The third kappa shape index (κ3) is 6.23. The van der Waals surface area contributed by atoms with E-state index in [-0.39, 0.29) is 29.3 Å². The number of aliphatic hydroxyl groups excluding tert-OH is 1.